The van der Waals surface area contributed by atoms with Gasteiger partial charge in [0.15, 0.2) is 0 Å². The first-order valence-corrected chi connectivity index (χ1v) is 6.36. The van der Waals surface area contributed by atoms with Crippen LogP contribution in [0.4, 0.5) is 5.69 Å². The van der Waals surface area contributed by atoms with E-state index in [2.05, 4.69) is 47.8 Å². The molecular weight excluding hydrogens is 206 g/mol. The van der Waals surface area contributed by atoms with Crippen molar-refractivity contribution in [3.8, 4) is 0 Å². The third-order valence-corrected chi connectivity index (χ3v) is 4.06. The van der Waals surface area contributed by atoms with Gasteiger partial charge in [-0.05, 0) is 53.6 Å². The van der Waals surface area contributed by atoms with Crippen molar-refractivity contribution in [2.45, 2.75) is 25.3 Å². The maximum absolute atomic E-state index is 3.67. The first kappa shape index (κ1) is 9.29. The van der Waals surface area contributed by atoms with Gasteiger partial charge in [0, 0.05) is 5.69 Å². The molecule has 1 atom stereocenters. The smallest absolute Gasteiger partial charge is 0.0519 e. The molecule has 1 aliphatic carbocycles. The van der Waals surface area contributed by atoms with Crippen LogP contribution in [0.5, 0.6) is 0 Å². The van der Waals surface area contributed by atoms with Crippen LogP contribution in [0, 0.1) is 0 Å². The zero-order valence-electron chi connectivity index (χ0n) is 9.74. The summed E-state index contributed by atoms with van der Waals surface area (Å²) in [4.78, 5) is 0. The average molecular weight is 221 g/mol. The summed E-state index contributed by atoms with van der Waals surface area (Å²) in [7, 11) is 0. The van der Waals surface area contributed by atoms with E-state index in [9.17, 15) is 0 Å². The fourth-order valence-corrected chi connectivity index (χ4v) is 3.17. The van der Waals surface area contributed by atoms with Crippen LogP contribution in [-0.2, 0) is 12.8 Å². The summed E-state index contributed by atoms with van der Waals surface area (Å²) in [5.74, 6) is 0. The van der Waals surface area contributed by atoms with Gasteiger partial charge in [-0.25, -0.2) is 0 Å². The number of hydrogen-bond donors (Lipinski definition) is 1. The molecule has 1 nitrogen and oxygen atoms in total. The Morgan fingerprint density at radius 2 is 1.88 bits per heavy atom. The lowest BCUT2D eigenvalue weighted by molar-refractivity contribution is 0.666. The Hall–Kier alpha value is -1.76. The molecular formula is C16H15N. The molecule has 0 aromatic heterocycles. The van der Waals surface area contributed by atoms with Gasteiger partial charge >= 0.3 is 0 Å². The van der Waals surface area contributed by atoms with Crippen molar-refractivity contribution in [2.75, 3.05) is 5.32 Å². The van der Waals surface area contributed by atoms with E-state index in [4.69, 9.17) is 0 Å². The van der Waals surface area contributed by atoms with Crippen LogP contribution >= 0.6 is 0 Å². The van der Waals surface area contributed by atoms with Gasteiger partial charge in [0.2, 0.25) is 0 Å². The van der Waals surface area contributed by atoms with Crippen molar-refractivity contribution in [3.05, 3.63) is 64.7 Å². The maximum Gasteiger partial charge on any atom is 0.0519 e. The van der Waals surface area contributed by atoms with Gasteiger partial charge < -0.3 is 5.32 Å². The lowest BCUT2D eigenvalue weighted by atomic mass is 9.84. The highest BCUT2D eigenvalue weighted by atomic mass is 14.9. The minimum atomic E-state index is 0.485. The van der Waals surface area contributed by atoms with Crippen LogP contribution in [0.15, 0.2) is 42.5 Å². The van der Waals surface area contributed by atoms with Crippen molar-refractivity contribution < 1.29 is 0 Å². The molecule has 1 unspecified atom stereocenters. The van der Waals surface area contributed by atoms with Crippen molar-refractivity contribution in [3.63, 3.8) is 0 Å². The lowest BCUT2D eigenvalue weighted by Crippen LogP contribution is -2.20. The third-order valence-electron chi connectivity index (χ3n) is 4.06. The third kappa shape index (κ3) is 1.39. The van der Waals surface area contributed by atoms with E-state index in [1.165, 1.54) is 40.8 Å². The highest BCUT2D eigenvalue weighted by molar-refractivity contribution is 5.56. The standard InChI is InChI=1S/C16H15N/c1-2-4-15-12(3-1)9-13-10-14-7-5-11(13)6-8-16(15)17-14/h1-5,7,10,16-17H,6,8-9H2. The number of aryl methyl sites for hydroxylation is 1. The summed E-state index contributed by atoms with van der Waals surface area (Å²) >= 11 is 0. The molecule has 2 aromatic rings. The molecule has 6 rings (SSSR count). The van der Waals surface area contributed by atoms with Gasteiger partial charge in [-0.2, -0.15) is 0 Å². The largest absolute Gasteiger partial charge is 0.378 e. The van der Waals surface area contributed by atoms with Gasteiger partial charge in [-0.15, -0.1) is 0 Å². The van der Waals surface area contributed by atoms with E-state index in [1.807, 2.05) is 0 Å². The second-order valence-corrected chi connectivity index (χ2v) is 5.09. The maximum atomic E-state index is 3.67. The average Bonchev–Trinajstić information content (AvgIpc) is 2.28. The number of benzene rings is 2. The summed E-state index contributed by atoms with van der Waals surface area (Å²) in [6, 6.07) is 16.2. The molecule has 3 heterocycles. The Morgan fingerprint density at radius 3 is 2.88 bits per heavy atom. The molecule has 0 amide bonds. The molecule has 1 N–H and O–H groups in total. The molecule has 0 fully saturated rings. The predicted octanol–water partition coefficient (Wildman–Crippen LogP) is 3.69. The van der Waals surface area contributed by atoms with E-state index < -0.39 is 0 Å². The molecule has 0 saturated carbocycles. The monoisotopic (exact) mass is 221 g/mol. The Bertz CT molecular complexity index is 586. The van der Waals surface area contributed by atoms with Crippen LogP contribution in [-0.4, -0.2) is 0 Å². The van der Waals surface area contributed by atoms with Gasteiger partial charge in [0.25, 0.3) is 0 Å². The van der Waals surface area contributed by atoms with Crippen LogP contribution in [0.2, 0.25) is 0 Å². The number of hydrogen-bond acceptors (Lipinski definition) is 1. The van der Waals surface area contributed by atoms with Crippen molar-refractivity contribution in [1.82, 2.24) is 0 Å². The molecule has 17 heavy (non-hydrogen) atoms. The summed E-state index contributed by atoms with van der Waals surface area (Å²) in [6.45, 7) is 0. The summed E-state index contributed by atoms with van der Waals surface area (Å²) in [5.41, 5.74) is 7.30. The summed E-state index contributed by atoms with van der Waals surface area (Å²) in [5, 5.41) is 3.67. The van der Waals surface area contributed by atoms with Gasteiger partial charge in [0.05, 0.1) is 6.04 Å². The van der Waals surface area contributed by atoms with Crippen molar-refractivity contribution in [2.24, 2.45) is 0 Å². The first-order chi connectivity index (χ1) is 8.40. The Balaban J connectivity index is 2.00. The lowest BCUT2D eigenvalue weighted by Gasteiger charge is -2.30. The fourth-order valence-electron chi connectivity index (χ4n) is 3.17. The first-order valence-electron chi connectivity index (χ1n) is 6.36. The second kappa shape index (κ2) is 3.36. The van der Waals surface area contributed by atoms with E-state index >= 15 is 0 Å². The second-order valence-electron chi connectivity index (χ2n) is 5.09. The van der Waals surface area contributed by atoms with E-state index in [1.54, 1.807) is 0 Å². The topological polar surface area (TPSA) is 12.0 Å². The molecule has 4 bridgehead atoms. The van der Waals surface area contributed by atoms with Crippen LogP contribution in [0.25, 0.3) is 0 Å². The normalized spacial score (nSPS) is 20.1. The number of nitrogens with one attached hydrogen (secondary N) is 1. The molecule has 84 valence electrons. The molecule has 0 radical (unpaired) electrons. The quantitative estimate of drug-likeness (QED) is 0.715. The van der Waals surface area contributed by atoms with Gasteiger partial charge in [0.1, 0.15) is 0 Å². The fraction of sp³-hybridized carbons (Fsp3) is 0.250. The van der Waals surface area contributed by atoms with E-state index in [0.717, 1.165) is 6.42 Å². The number of fused-ring (bicyclic) bond motifs is 1. The van der Waals surface area contributed by atoms with Crippen molar-refractivity contribution >= 4 is 5.69 Å². The zero-order valence-corrected chi connectivity index (χ0v) is 9.74. The van der Waals surface area contributed by atoms with Crippen LogP contribution in [0.3, 0.4) is 0 Å². The van der Waals surface area contributed by atoms with Crippen LogP contribution in [0.1, 0.15) is 34.7 Å². The van der Waals surface area contributed by atoms with E-state index in [0.29, 0.717) is 6.04 Å². The number of rotatable bonds is 0. The minimum absolute atomic E-state index is 0.485. The van der Waals surface area contributed by atoms with Gasteiger partial charge in [-0.1, -0.05) is 30.3 Å². The molecule has 2 aromatic carbocycles. The van der Waals surface area contributed by atoms with E-state index in [-0.39, 0.29) is 0 Å². The highest BCUT2D eigenvalue weighted by Crippen LogP contribution is 2.36. The SMILES string of the molecule is c1ccc2c(c1)Cc1cc3ccc1CCC2N3. The molecule has 4 aliphatic rings. The summed E-state index contributed by atoms with van der Waals surface area (Å²) < 4.78 is 0. The molecule has 0 saturated heterocycles. The Kier molecular flexibility index (Phi) is 1.84. The number of anilines is 1. The van der Waals surface area contributed by atoms with Crippen molar-refractivity contribution in [1.29, 1.82) is 0 Å². The molecule has 1 heteroatoms. The van der Waals surface area contributed by atoms with Gasteiger partial charge in [-0.3, -0.25) is 0 Å². The summed E-state index contributed by atoms with van der Waals surface area (Å²) in [6.07, 6.45) is 3.50. The molecule has 3 aliphatic heterocycles. The predicted molar refractivity (Wildman–Crippen MR) is 70.4 cm³/mol. The Morgan fingerprint density at radius 1 is 0.941 bits per heavy atom. The zero-order chi connectivity index (χ0) is 11.2. The molecule has 0 spiro atoms. The Labute approximate surface area is 101 Å². The highest BCUT2D eigenvalue weighted by Gasteiger charge is 2.22. The van der Waals surface area contributed by atoms with Crippen LogP contribution < -0.4 is 5.32 Å². The minimum Gasteiger partial charge on any atom is -0.378 e.